The van der Waals surface area contributed by atoms with E-state index in [1.807, 2.05) is 19.1 Å². The molecule has 5 heteroatoms. The molecule has 1 fully saturated rings. The fourth-order valence-electron chi connectivity index (χ4n) is 1.81. The molecule has 1 aromatic carbocycles. The number of rotatable bonds is 2. The maximum Gasteiger partial charge on any atom is 0.240 e. The van der Waals surface area contributed by atoms with E-state index in [4.69, 9.17) is 11.6 Å². The molecule has 0 bridgehead atoms. The minimum absolute atomic E-state index is 0.0583. The Morgan fingerprint density at radius 2 is 2.35 bits per heavy atom. The van der Waals surface area contributed by atoms with Gasteiger partial charge in [-0.25, -0.2) is 0 Å². The highest BCUT2D eigenvalue weighted by Gasteiger charge is 2.37. The van der Waals surface area contributed by atoms with Crippen molar-refractivity contribution < 1.29 is 4.79 Å². The number of thioether (sulfide) groups is 1. The van der Waals surface area contributed by atoms with Gasteiger partial charge in [0.15, 0.2) is 0 Å². The summed E-state index contributed by atoms with van der Waals surface area (Å²) in [7, 11) is 0. The van der Waals surface area contributed by atoms with E-state index in [1.165, 1.54) is 0 Å². The molecule has 1 aromatic rings. The van der Waals surface area contributed by atoms with E-state index in [0.717, 1.165) is 28.8 Å². The van der Waals surface area contributed by atoms with Crippen LogP contribution in [0.3, 0.4) is 0 Å². The van der Waals surface area contributed by atoms with Gasteiger partial charge in [0.05, 0.1) is 19.9 Å². The predicted octanol–water partition coefficient (Wildman–Crippen LogP) is 4.33. The molecule has 0 aromatic heterocycles. The molecule has 1 atom stereocenters. The summed E-state index contributed by atoms with van der Waals surface area (Å²) < 4.78 is 0.434. The van der Waals surface area contributed by atoms with Gasteiger partial charge < -0.3 is 5.32 Å². The lowest BCUT2D eigenvalue weighted by Crippen LogP contribution is -2.34. The number of hydrogen-bond acceptors (Lipinski definition) is 2. The summed E-state index contributed by atoms with van der Waals surface area (Å²) in [5.74, 6) is 1.11. The lowest BCUT2D eigenvalue weighted by Gasteiger charge is -2.22. The van der Waals surface area contributed by atoms with Crippen LogP contribution in [-0.2, 0) is 4.79 Å². The fourth-order valence-corrected chi connectivity index (χ4v) is 3.56. The Morgan fingerprint density at radius 1 is 1.59 bits per heavy atom. The van der Waals surface area contributed by atoms with Gasteiger partial charge in [-0.1, -0.05) is 17.7 Å². The van der Waals surface area contributed by atoms with Crippen molar-refractivity contribution >= 4 is 50.9 Å². The highest BCUT2D eigenvalue weighted by Crippen LogP contribution is 2.39. The molecule has 17 heavy (non-hydrogen) atoms. The maximum atomic E-state index is 12.2. The zero-order chi connectivity index (χ0) is 12.5. The molecule has 0 aliphatic carbocycles. The fraction of sp³-hybridized carbons (Fsp3) is 0.417. The lowest BCUT2D eigenvalue weighted by atomic mass is 10.0. The van der Waals surface area contributed by atoms with Crippen LogP contribution in [0.2, 0.25) is 5.02 Å². The zero-order valence-electron chi connectivity index (χ0n) is 9.43. The molecule has 1 unspecified atom stereocenters. The normalized spacial score (nSPS) is 23.7. The van der Waals surface area contributed by atoms with Crippen molar-refractivity contribution in [3.8, 4) is 0 Å². The van der Waals surface area contributed by atoms with Crippen molar-refractivity contribution in [2.45, 2.75) is 24.5 Å². The number of amides is 1. The maximum absolute atomic E-state index is 12.2. The van der Waals surface area contributed by atoms with E-state index < -0.39 is 0 Å². The Labute approximate surface area is 119 Å². The minimum atomic E-state index is -0.304. The summed E-state index contributed by atoms with van der Waals surface area (Å²) in [6, 6.07) is 5.46. The standard InChI is InChI=1S/C12H13BrClNOS/c1-12(6-3-7-17-12)11(16)15-9-5-2-4-8(14)10(9)13/h2,4-5H,3,6-7H2,1H3,(H,15,16). The second-order valence-corrected chi connectivity index (χ2v) is 7.04. The van der Waals surface area contributed by atoms with Crippen LogP contribution in [0.25, 0.3) is 0 Å². The van der Waals surface area contributed by atoms with Crippen LogP contribution in [0.5, 0.6) is 0 Å². The zero-order valence-corrected chi connectivity index (χ0v) is 12.6. The summed E-state index contributed by atoms with van der Waals surface area (Å²) in [6.07, 6.45) is 2.03. The number of benzene rings is 1. The second-order valence-electron chi connectivity index (χ2n) is 4.24. The van der Waals surface area contributed by atoms with Gasteiger partial charge in [0, 0.05) is 0 Å². The number of hydrogen-bond donors (Lipinski definition) is 1. The van der Waals surface area contributed by atoms with Crippen molar-refractivity contribution in [2.24, 2.45) is 0 Å². The third kappa shape index (κ3) is 2.80. The number of nitrogens with one attached hydrogen (secondary N) is 1. The predicted molar refractivity (Wildman–Crippen MR) is 77.9 cm³/mol. The van der Waals surface area contributed by atoms with Crippen molar-refractivity contribution in [3.05, 3.63) is 27.7 Å². The first-order chi connectivity index (χ1) is 8.03. The Hall–Kier alpha value is -0.190. The van der Waals surface area contributed by atoms with Gasteiger partial charge in [-0.05, 0) is 53.6 Å². The third-order valence-corrected chi connectivity index (χ3v) is 5.82. The van der Waals surface area contributed by atoms with Gasteiger partial charge in [-0.2, -0.15) is 0 Å². The van der Waals surface area contributed by atoms with Crippen LogP contribution in [0.1, 0.15) is 19.8 Å². The smallest absolute Gasteiger partial charge is 0.240 e. The van der Waals surface area contributed by atoms with Gasteiger partial charge in [-0.3, -0.25) is 4.79 Å². The average Bonchev–Trinajstić information content (AvgIpc) is 2.73. The molecule has 1 aliphatic heterocycles. The van der Waals surface area contributed by atoms with Crippen molar-refractivity contribution in [3.63, 3.8) is 0 Å². The first kappa shape index (κ1) is 13.2. The van der Waals surface area contributed by atoms with Crippen LogP contribution < -0.4 is 5.32 Å². The van der Waals surface area contributed by atoms with Crippen LogP contribution in [0, 0.1) is 0 Å². The van der Waals surface area contributed by atoms with Gasteiger partial charge >= 0.3 is 0 Å². The lowest BCUT2D eigenvalue weighted by molar-refractivity contribution is -0.118. The van der Waals surface area contributed by atoms with Crippen molar-refractivity contribution in [1.82, 2.24) is 0 Å². The van der Waals surface area contributed by atoms with Crippen molar-refractivity contribution in [1.29, 1.82) is 0 Å². The molecule has 1 aliphatic rings. The molecule has 1 saturated heterocycles. The molecule has 2 nitrogen and oxygen atoms in total. The summed E-state index contributed by atoms with van der Waals surface area (Å²) in [6.45, 7) is 2.00. The molecule has 1 N–H and O–H groups in total. The quantitative estimate of drug-likeness (QED) is 0.872. The van der Waals surface area contributed by atoms with Crippen LogP contribution in [-0.4, -0.2) is 16.4 Å². The Bertz CT molecular complexity index is 446. The number of halogens is 2. The average molecular weight is 335 g/mol. The summed E-state index contributed by atoms with van der Waals surface area (Å²) in [4.78, 5) is 12.2. The van der Waals surface area contributed by atoms with Crippen LogP contribution in [0.15, 0.2) is 22.7 Å². The Balaban J connectivity index is 2.16. The van der Waals surface area contributed by atoms with E-state index >= 15 is 0 Å². The molecule has 0 radical (unpaired) electrons. The Morgan fingerprint density at radius 3 is 3.00 bits per heavy atom. The topological polar surface area (TPSA) is 29.1 Å². The largest absolute Gasteiger partial charge is 0.324 e. The van der Waals surface area contributed by atoms with Crippen molar-refractivity contribution in [2.75, 3.05) is 11.1 Å². The summed E-state index contributed by atoms with van der Waals surface area (Å²) in [5, 5.41) is 3.55. The third-order valence-electron chi connectivity index (χ3n) is 2.90. The van der Waals surface area contributed by atoms with Crippen LogP contribution >= 0.6 is 39.3 Å². The Kier molecular flexibility index (Phi) is 4.06. The molecule has 0 spiro atoms. The highest BCUT2D eigenvalue weighted by atomic mass is 79.9. The molecular weight excluding hydrogens is 322 g/mol. The minimum Gasteiger partial charge on any atom is -0.324 e. The number of carbonyl (C=O) groups is 1. The molecule has 2 rings (SSSR count). The second kappa shape index (κ2) is 5.21. The van der Waals surface area contributed by atoms with E-state index in [-0.39, 0.29) is 10.7 Å². The molecule has 0 saturated carbocycles. The van der Waals surface area contributed by atoms with Gasteiger partial charge in [0.1, 0.15) is 0 Å². The first-order valence-corrected chi connectivity index (χ1v) is 7.58. The van der Waals surface area contributed by atoms with Gasteiger partial charge in [-0.15, -0.1) is 11.8 Å². The van der Waals surface area contributed by atoms with Gasteiger partial charge in [0.25, 0.3) is 0 Å². The van der Waals surface area contributed by atoms with E-state index in [1.54, 1.807) is 17.8 Å². The summed E-state index contributed by atoms with van der Waals surface area (Å²) in [5.41, 5.74) is 0.733. The first-order valence-electron chi connectivity index (χ1n) is 5.42. The number of carbonyl (C=O) groups excluding carboxylic acids is 1. The molecular formula is C12H13BrClNOS. The van der Waals surface area contributed by atoms with E-state index in [2.05, 4.69) is 21.2 Å². The van der Waals surface area contributed by atoms with Crippen LogP contribution in [0.4, 0.5) is 5.69 Å². The molecule has 1 heterocycles. The number of anilines is 1. The molecule has 1 amide bonds. The van der Waals surface area contributed by atoms with Gasteiger partial charge in [0.2, 0.25) is 5.91 Å². The summed E-state index contributed by atoms with van der Waals surface area (Å²) >= 11 is 11.1. The van der Waals surface area contributed by atoms with E-state index in [9.17, 15) is 4.79 Å². The molecule has 92 valence electrons. The highest BCUT2D eigenvalue weighted by molar-refractivity contribution is 9.10. The SMILES string of the molecule is CC1(C(=O)Nc2cccc(Cl)c2Br)CCCS1. The monoisotopic (exact) mass is 333 g/mol. The van der Waals surface area contributed by atoms with E-state index in [0.29, 0.717) is 5.02 Å².